The van der Waals surface area contributed by atoms with E-state index in [2.05, 4.69) is 24.0 Å². The molecule has 1 saturated heterocycles. The Balaban J connectivity index is 1.33. The van der Waals surface area contributed by atoms with E-state index >= 15 is 0 Å². The Morgan fingerprint density at radius 1 is 1.03 bits per heavy atom. The topological polar surface area (TPSA) is 65.0 Å². The number of carboxylic acids is 1. The third-order valence-electron chi connectivity index (χ3n) is 8.58. The van der Waals surface area contributed by atoms with Crippen molar-refractivity contribution in [3.8, 4) is 17.6 Å². The Morgan fingerprint density at radius 3 is 2.36 bits per heavy atom. The van der Waals surface area contributed by atoms with Gasteiger partial charge in [-0.05, 0) is 106 Å². The van der Waals surface area contributed by atoms with E-state index < -0.39 is 11.8 Å². The zero-order valence-electron chi connectivity index (χ0n) is 21.1. The van der Waals surface area contributed by atoms with Gasteiger partial charge in [-0.1, -0.05) is 24.0 Å². The lowest BCUT2D eigenvalue weighted by molar-refractivity contribution is -0.141. The van der Waals surface area contributed by atoms with Crippen LogP contribution in [0.2, 0.25) is 0 Å². The Labute approximate surface area is 213 Å². The normalized spacial score (nSPS) is 31.6. The summed E-state index contributed by atoms with van der Waals surface area (Å²) in [7, 11) is 0. The summed E-state index contributed by atoms with van der Waals surface area (Å²) in [5, 5.41) is 9.52. The molecule has 4 aliphatic carbocycles. The number of ether oxygens (including phenoxy) is 3. The average Bonchev–Trinajstić information content (AvgIpc) is 3.19. The van der Waals surface area contributed by atoms with Gasteiger partial charge >= 0.3 is 5.97 Å². The molecule has 0 amide bonds. The van der Waals surface area contributed by atoms with Gasteiger partial charge in [-0.15, -0.1) is 0 Å². The summed E-state index contributed by atoms with van der Waals surface area (Å²) in [4.78, 5) is 11.6. The van der Waals surface area contributed by atoms with Crippen LogP contribution in [0.1, 0.15) is 79.4 Å². The number of rotatable bonds is 5. The van der Waals surface area contributed by atoms with E-state index in [1.165, 1.54) is 44.1 Å². The van der Waals surface area contributed by atoms with Gasteiger partial charge in [0.2, 0.25) is 0 Å². The summed E-state index contributed by atoms with van der Waals surface area (Å²) in [6.07, 6.45) is 7.73. The molecule has 1 N–H and O–H groups in total. The summed E-state index contributed by atoms with van der Waals surface area (Å²) in [6.45, 7) is 4.86. The SMILES string of the molecule is CC1(C)OCC(COc2ccc(C#Cc3ccccc3C(=O)O)cc2C23CC4CC(CC(C4)C2)C3)O1. The fourth-order valence-electron chi connectivity index (χ4n) is 7.53. The number of aromatic carboxylic acids is 1. The molecule has 0 spiro atoms. The van der Waals surface area contributed by atoms with E-state index in [1.54, 1.807) is 18.2 Å². The molecule has 7 rings (SSSR count). The van der Waals surface area contributed by atoms with Gasteiger partial charge in [-0.3, -0.25) is 0 Å². The van der Waals surface area contributed by atoms with E-state index in [-0.39, 0.29) is 17.1 Å². The first-order chi connectivity index (χ1) is 17.3. The maximum atomic E-state index is 11.6. The summed E-state index contributed by atoms with van der Waals surface area (Å²) < 4.78 is 18.2. The van der Waals surface area contributed by atoms with Crippen molar-refractivity contribution in [2.75, 3.05) is 13.2 Å². The van der Waals surface area contributed by atoms with E-state index in [9.17, 15) is 9.90 Å². The van der Waals surface area contributed by atoms with Crippen molar-refractivity contribution in [3.63, 3.8) is 0 Å². The molecule has 5 aliphatic rings. The highest BCUT2D eigenvalue weighted by Gasteiger charge is 2.52. The molecule has 1 heterocycles. The van der Waals surface area contributed by atoms with Crippen molar-refractivity contribution >= 4 is 5.97 Å². The fourth-order valence-corrected chi connectivity index (χ4v) is 7.53. The minimum absolute atomic E-state index is 0.0869. The standard InChI is InChI=1S/C31H34O5/c1-30(2)35-19-25(36-30)18-34-28-10-8-20(7-9-24-5-3-4-6-26(24)29(32)33)14-27(28)31-15-21-11-22(16-31)13-23(12-21)17-31/h3-6,8,10,14,21-23,25H,11-13,15-19H2,1-2H3,(H,32,33). The smallest absolute Gasteiger partial charge is 0.336 e. The molecule has 1 unspecified atom stereocenters. The minimum Gasteiger partial charge on any atom is -0.490 e. The molecule has 5 heteroatoms. The molecule has 4 bridgehead atoms. The van der Waals surface area contributed by atoms with Gasteiger partial charge in [0.15, 0.2) is 5.79 Å². The summed E-state index contributed by atoms with van der Waals surface area (Å²) in [5.74, 6) is 8.21. The van der Waals surface area contributed by atoms with Crippen molar-refractivity contribution in [2.24, 2.45) is 17.8 Å². The second-order valence-electron chi connectivity index (χ2n) is 11.8. The van der Waals surface area contributed by atoms with E-state index in [1.807, 2.05) is 26.0 Å². The highest BCUT2D eigenvalue weighted by molar-refractivity contribution is 5.90. The molecule has 2 aromatic carbocycles. The number of carbonyl (C=O) groups is 1. The van der Waals surface area contributed by atoms with Gasteiger partial charge in [0.25, 0.3) is 0 Å². The molecule has 5 nitrogen and oxygen atoms in total. The quantitative estimate of drug-likeness (QED) is 0.543. The molecule has 188 valence electrons. The van der Waals surface area contributed by atoms with Crippen molar-refractivity contribution in [3.05, 3.63) is 64.7 Å². The molecule has 2 aromatic rings. The van der Waals surface area contributed by atoms with Crippen molar-refractivity contribution in [1.82, 2.24) is 0 Å². The lowest BCUT2D eigenvalue weighted by Gasteiger charge is -2.57. The lowest BCUT2D eigenvalue weighted by atomic mass is 9.48. The van der Waals surface area contributed by atoms with Crippen molar-refractivity contribution in [2.45, 2.75) is 69.7 Å². The van der Waals surface area contributed by atoms with Crippen LogP contribution in [0.4, 0.5) is 0 Å². The second-order valence-corrected chi connectivity index (χ2v) is 11.8. The first-order valence-corrected chi connectivity index (χ1v) is 13.2. The minimum atomic E-state index is -0.959. The van der Waals surface area contributed by atoms with Crippen molar-refractivity contribution in [1.29, 1.82) is 0 Å². The maximum Gasteiger partial charge on any atom is 0.336 e. The van der Waals surface area contributed by atoms with Gasteiger partial charge in [0.05, 0.1) is 12.2 Å². The van der Waals surface area contributed by atoms with Crippen LogP contribution in [0, 0.1) is 29.6 Å². The van der Waals surface area contributed by atoms with Gasteiger partial charge in [-0.2, -0.15) is 0 Å². The third-order valence-corrected chi connectivity index (χ3v) is 8.58. The predicted octanol–water partition coefficient (Wildman–Crippen LogP) is 5.78. The molecular weight excluding hydrogens is 452 g/mol. The molecular formula is C31H34O5. The average molecular weight is 487 g/mol. The lowest BCUT2D eigenvalue weighted by Crippen LogP contribution is -2.48. The Hall–Kier alpha value is -2.81. The zero-order chi connectivity index (χ0) is 24.9. The van der Waals surface area contributed by atoms with Crippen LogP contribution in [-0.2, 0) is 14.9 Å². The van der Waals surface area contributed by atoms with Crippen LogP contribution in [-0.4, -0.2) is 36.2 Å². The number of hydrogen-bond donors (Lipinski definition) is 1. The molecule has 36 heavy (non-hydrogen) atoms. The third kappa shape index (κ3) is 4.53. The summed E-state index contributed by atoms with van der Waals surface area (Å²) in [5.41, 5.74) is 3.08. The van der Waals surface area contributed by atoms with Gasteiger partial charge in [-0.25, -0.2) is 4.79 Å². The van der Waals surface area contributed by atoms with E-state index in [0.29, 0.717) is 18.8 Å². The van der Waals surface area contributed by atoms with Gasteiger partial charge in [0, 0.05) is 16.7 Å². The molecule has 5 fully saturated rings. The summed E-state index contributed by atoms with van der Waals surface area (Å²) in [6, 6.07) is 13.2. The number of benzene rings is 2. The monoisotopic (exact) mass is 486 g/mol. The second kappa shape index (κ2) is 8.94. The van der Waals surface area contributed by atoms with Crippen LogP contribution < -0.4 is 4.74 Å². The Morgan fingerprint density at radius 2 is 1.72 bits per heavy atom. The Kier molecular flexibility index (Phi) is 5.85. The number of carboxylic acid groups (broad SMARTS) is 1. The molecule has 0 radical (unpaired) electrons. The molecule has 1 aliphatic heterocycles. The Bertz CT molecular complexity index is 1200. The van der Waals surface area contributed by atoms with Crippen molar-refractivity contribution < 1.29 is 24.1 Å². The van der Waals surface area contributed by atoms with Crippen LogP contribution in [0.15, 0.2) is 42.5 Å². The molecule has 4 saturated carbocycles. The highest BCUT2D eigenvalue weighted by atomic mass is 16.7. The largest absolute Gasteiger partial charge is 0.490 e. The first kappa shape index (κ1) is 23.6. The van der Waals surface area contributed by atoms with Gasteiger partial charge in [0.1, 0.15) is 18.5 Å². The van der Waals surface area contributed by atoms with Gasteiger partial charge < -0.3 is 19.3 Å². The van der Waals surface area contributed by atoms with Crippen LogP contribution in [0.25, 0.3) is 0 Å². The summed E-state index contributed by atoms with van der Waals surface area (Å²) >= 11 is 0. The van der Waals surface area contributed by atoms with E-state index in [4.69, 9.17) is 14.2 Å². The van der Waals surface area contributed by atoms with E-state index in [0.717, 1.165) is 29.1 Å². The molecule has 1 atom stereocenters. The first-order valence-electron chi connectivity index (χ1n) is 13.2. The number of hydrogen-bond acceptors (Lipinski definition) is 4. The van der Waals surface area contributed by atoms with Crippen LogP contribution in [0.5, 0.6) is 5.75 Å². The van der Waals surface area contributed by atoms with Crippen LogP contribution >= 0.6 is 0 Å². The molecule has 0 aromatic heterocycles. The maximum absolute atomic E-state index is 11.6. The predicted molar refractivity (Wildman–Crippen MR) is 136 cm³/mol. The zero-order valence-corrected chi connectivity index (χ0v) is 21.1. The fraction of sp³-hybridized carbons (Fsp3) is 0.516. The highest BCUT2D eigenvalue weighted by Crippen LogP contribution is 2.62. The van der Waals surface area contributed by atoms with Crippen LogP contribution in [0.3, 0.4) is 0 Å².